The molecule has 20 heavy (non-hydrogen) atoms. The van der Waals surface area contributed by atoms with Gasteiger partial charge in [-0.3, -0.25) is 9.69 Å². The first kappa shape index (κ1) is 15.3. The molecule has 2 unspecified atom stereocenters. The van der Waals surface area contributed by atoms with Crippen molar-refractivity contribution in [3.05, 3.63) is 33.8 Å². The highest BCUT2D eigenvalue weighted by atomic mass is 79.9. The summed E-state index contributed by atoms with van der Waals surface area (Å²) in [5.41, 5.74) is -0.137. The predicted molar refractivity (Wildman–Crippen MR) is 70.9 cm³/mol. The number of benzene rings is 1. The average Bonchev–Trinajstić information content (AvgIpc) is 2.79. The zero-order valence-corrected chi connectivity index (χ0v) is 12.4. The quantitative estimate of drug-likeness (QED) is 0.668. The fraction of sp³-hybridized carbons (Fsp3) is 0.462. The summed E-state index contributed by atoms with van der Waals surface area (Å²) in [5, 5.41) is 9.64. The SMILES string of the molecule is COC(=O)C1CC(O)CN1Cc1c(F)ccc(Br)c1F. The van der Waals surface area contributed by atoms with Gasteiger partial charge in [-0.1, -0.05) is 0 Å². The third-order valence-electron chi connectivity index (χ3n) is 3.35. The second-order valence-corrected chi connectivity index (χ2v) is 5.53. The number of aliphatic hydroxyl groups is 1. The number of esters is 1. The lowest BCUT2D eigenvalue weighted by molar-refractivity contribution is -0.146. The van der Waals surface area contributed by atoms with Crippen LogP contribution < -0.4 is 0 Å². The summed E-state index contributed by atoms with van der Waals surface area (Å²) < 4.78 is 32.5. The lowest BCUT2D eigenvalue weighted by atomic mass is 10.1. The van der Waals surface area contributed by atoms with Gasteiger partial charge in [-0.05, 0) is 28.1 Å². The molecule has 110 valence electrons. The first-order valence-electron chi connectivity index (χ1n) is 6.06. The number of hydrogen-bond acceptors (Lipinski definition) is 4. The summed E-state index contributed by atoms with van der Waals surface area (Å²) in [6, 6.07) is 1.75. The summed E-state index contributed by atoms with van der Waals surface area (Å²) in [5.74, 6) is -1.90. The van der Waals surface area contributed by atoms with Gasteiger partial charge in [0.05, 0.1) is 17.7 Å². The van der Waals surface area contributed by atoms with E-state index in [0.717, 1.165) is 6.07 Å². The number of hydrogen-bond donors (Lipinski definition) is 1. The van der Waals surface area contributed by atoms with Gasteiger partial charge in [-0.2, -0.15) is 0 Å². The van der Waals surface area contributed by atoms with Crippen LogP contribution in [0.15, 0.2) is 16.6 Å². The Morgan fingerprint density at radius 1 is 1.55 bits per heavy atom. The van der Waals surface area contributed by atoms with Crippen LogP contribution in [0.4, 0.5) is 8.78 Å². The fourth-order valence-corrected chi connectivity index (χ4v) is 2.72. The standard InChI is InChI=1S/C13H14BrF2NO3/c1-20-13(19)11-4-7(18)5-17(11)6-8-10(15)3-2-9(14)12(8)16/h2-3,7,11,18H,4-6H2,1H3. The summed E-state index contributed by atoms with van der Waals surface area (Å²) in [7, 11) is 1.24. The van der Waals surface area contributed by atoms with E-state index in [1.54, 1.807) is 0 Å². The zero-order valence-electron chi connectivity index (χ0n) is 10.8. The molecule has 4 nitrogen and oxygen atoms in total. The van der Waals surface area contributed by atoms with Crippen molar-refractivity contribution in [2.45, 2.75) is 25.1 Å². The molecule has 2 atom stereocenters. The number of nitrogens with zero attached hydrogens (tertiary/aromatic N) is 1. The minimum absolute atomic E-state index is 0.103. The highest BCUT2D eigenvalue weighted by Gasteiger charge is 2.37. The Morgan fingerprint density at radius 2 is 2.25 bits per heavy atom. The lowest BCUT2D eigenvalue weighted by Crippen LogP contribution is -2.36. The molecule has 1 saturated heterocycles. The minimum atomic E-state index is -0.711. The van der Waals surface area contributed by atoms with Gasteiger partial charge in [0.15, 0.2) is 0 Å². The Hall–Kier alpha value is -1.05. The molecule has 0 aromatic heterocycles. The van der Waals surface area contributed by atoms with Crippen molar-refractivity contribution >= 4 is 21.9 Å². The summed E-state index contributed by atoms with van der Waals surface area (Å²) in [6.07, 6.45) is -0.512. The second-order valence-electron chi connectivity index (χ2n) is 4.68. The third kappa shape index (κ3) is 2.99. The number of carbonyl (C=O) groups is 1. The third-order valence-corrected chi connectivity index (χ3v) is 3.97. The van der Waals surface area contributed by atoms with E-state index < -0.39 is 29.7 Å². The molecule has 0 spiro atoms. The lowest BCUT2D eigenvalue weighted by Gasteiger charge is -2.22. The minimum Gasteiger partial charge on any atom is -0.468 e. The molecule has 0 saturated carbocycles. The van der Waals surface area contributed by atoms with Crippen LogP contribution >= 0.6 is 15.9 Å². The van der Waals surface area contributed by atoms with Crippen molar-refractivity contribution in [2.24, 2.45) is 0 Å². The Morgan fingerprint density at radius 3 is 2.90 bits per heavy atom. The van der Waals surface area contributed by atoms with Crippen LogP contribution in [0.3, 0.4) is 0 Å². The molecular weight excluding hydrogens is 336 g/mol. The second kappa shape index (κ2) is 6.15. The molecule has 0 aliphatic carbocycles. The van der Waals surface area contributed by atoms with Crippen molar-refractivity contribution in [1.29, 1.82) is 0 Å². The van der Waals surface area contributed by atoms with Crippen LogP contribution in [0, 0.1) is 11.6 Å². The first-order valence-corrected chi connectivity index (χ1v) is 6.85. The van der Waals surface area contributed by atoms with Crippen LogP contribution in [0.1, 0.15) is 12.0 Å². The number of β-amino-alcohol motifs (C(OH)–C–C–N with tert-alkyl or cyclic N) is 1. The maximum atomic E-state index is 13.9. The van der Waals surface area contributed by atoms with Gasteiger partial charge in [0, 0.05) is 25.1 Å². The van der Waals surface area contributed by atoms with Crippen molar-refractivity contribution in [3.63, 3.8) is 0 Å². The Bertz CT molecular complexity index is 527. The summed E-state index contributed by atoms with van der Waals surface area (Å²) in [6.45, 7) is 0.0685. The smallest absolute Gasteiger partial charge is 0.323 e. The molecule has 1 aromatic carbocycles. The highest BCUT2D eigenvalue weighted by molar-refractivity contribution is 9.10. The van der Waals surface area contributed by atoms with Gasteiger partial charge in [0.1, 0.15) is 17.7 Å². The predicted octanol–water partition coefficient (Wildman–Crippen LogP) is 1.84. The molecule has 2 rings (SSSR count). The van der Waals surface area contributed by atoms with Gasteiger partial charge >= 0.3 is 5.97 Å². The van der Waals surface area contributed by atoms with Crippen LogP contribution in [-0.4, -0.2) is 41.8 Å². The van der Waals surface area contributed by atoms with Crippen molar-refractivity contribution < 1.29 is 23.4 Å². The number of aliphatic hydroxyl groups excluding tert-OH is 1. The molecule has 0 amide bonds. The number of rotatable bonds is 3. The van der Waals surface area contributed by atoms with Gasteiger partial charge in [-0.25, -0.2) is 8.78 Å². The van der Waals surface area contributed by atoms with E-state index in [-0.39, 0.29) is 29.5 Å². The summed E-state index contributed by atoms with van der Waals surface area (Å²) in [4.78, 5) is 13.1. The Labute approximate surface area is 123 Å². The van der Waals surface area contributed by atoms with Crippen LogP contribution in [-0.2, 0) is 16.1 Å². The average molecular weight is 350 g/mol. The Balaban J connectivity index is 2.24. The van der Waals surface area contributed by atoms with Gasteiger partial charge < -0.3 is 9.84 Å². The first-order chi connectivity index (χ1) is 9.43. The number of likely N-dealkylation sites (tertiary alicyclic amines) is 1. The molecule has 1 N–H and O–H groups in total. The van der Waals surface area contributed by atoms with Gasteiger partial charge in [0.25, 0.3) is 0 Å². The van der Waals surface area contributed by atoms with Gasteiger partial charge in [0.2, 0.25) is 0 Å². The fourth-order valence-electron chi connectivity index (χ4n) is 2.35. The maximum absolute atomic E-state index is 13.9. The number of methoxy groups -OCH3 is 1. The largest absolute Gasteiger partial charge is 0.468 e. The van der Waals surface area contributed by atoms with Crippen molar-refractivity contribution in [1.82, 2.24) is 4.90 Å². The summed E-state index contributed by atoms with van der Waals surface area (Å²) >= 11 is 3.00. The topological polar surface area (TPSA) is 49.8 Å². The molecule has 0 bridgehead atoms. The maximum Gasteiger partial charge on any atom is 0.323 e. The van der Waals surface area contributed by atoms with Crippen LogP contribution in [0.25, 0.3) is 0 Å². The molecular formula is C13H14BrF2NO3. The van der Waals surface area contributed by atoms with E-state index in [1.165, 1.54) is 18.1 Å². The monoisotopic (exact) mass is 349 g/mol. The number of ether oxygens (including phenoxy) is 1. The van der Waals surface area contributed by atoms with Crippen molar-refractivity contribution in [3.8, 4) is 0 Å². The van der Waals surface area contributed by atoms with Gasteiger partial charge in [-0.15, -0.1) is 0 Å². The molecule has 1 fully saturated rings. The zero-order chi connectivity index (χ0) is 14.9. The van der Waals surface area contributed by atoms with E-state index in [2.05, 4.69) is 20.7 Å². The normalized spacial score (nSPS) is 23.1. The van der Waals surface area contributed by atoms with Crippen LogP contribution in [0.2, 0.25) is 0 Å². The van der Waals surface area contributed by atoms with E-state index in [0.29, 0.717) is 0 Å². The Kier molecular flexibility index (Phi) is 4.72. The van der Waals surface area contributed by atoms with E-state index in [4.69, 9.17) is 0 Å². The molecule has 1 heterocycles. The highest BCUT2D eigenvalue weighted by Crippen LogP contribution is 2.27. The molecule has 0 radical (unpaired) electrons. The molecule has 1 aromatic rings. The number of carbonyl (C=O) groups excluding carboxylic acids is 1. The molecule has 1 aliphatic heterocycles. The van der Waals surface area contributed by atoms with Crippen LogP contribution in [0.5, 0.6) is 0 Å². The molecule has 1 aliphatic rings. The number of halogens is 3. The van der Waals surface area contributed by atoms with E-state index >= 15 is 0 Å². The van der Waals surface area contributed by atoms with E-state index in [1.807, 2.05) is 0 Å². The van der Waals surface area contributed by atoms with E-state index in [9.17, 15) is 18.7 Å². The van der Waals surface area contributed by atoms with Crippen molar-refractivity contribution in [2.75, 3.05) is 13.7 Å². The molecule has 7 heteroatoms.